The summed E-state index contributed by atoms with van der Waals surface area (Å²) < 4.78 is 10.4. The molecule has 0 saturated carbocycles. The smallest absolute Gasteiger partial charge is 0.249 e. The van der Waals surface area contributed by atoms with Gasteiger partial charge in [0.05, 0.1) is 20.4 Å². The lowest BCUT2D eigenvalue weighted by Crippen LogP contribution is -2.02. The monoisotopic (exact) mass is 323 g/mol. The van der Waals surface area contributed by atoms with Crippen LogP contribution in [-0.2, 0) is 0 Å². The summed E-state index contributed by atoms with van der Waals surface area (Å²) in [5, 5.41) is 14.2. The Balaban J connectivity index is 1.76. The van der Waals surface area contributed by atoms with E-state index in [1.54, 1.807) is 20.4 Å². The van der Waals surface area contributed by atoms with Crippen molar-refractivity contribution in [2.75, 3.05) is 24.9 Å². The minimum atomic E-state index is 0.385. The average Bonchev–Trinajstić information content (AvgIpc) is 2.62. The lowest BCUT2D eigenvalue weighted by atomic mass is 10.3. The third-order valence-corrected chi connectivity index (χ3v) is 3.23. The lowest BCUT2D eigenvalue weighted by molar-refractivity contribution is 0.415. The maximum atomic E-state index is 5.20. The van der Waals surface area contributed by atoms with Gasteiger partial charge >= 0.3 is 0 Å². The third-order valence-electron chi connectivity index (χ3n) is 3.23. The zero-order valence-corrected chi connectivity index (χ0v) is 13.4. The van der Waals surface area contributed by atoms with Crippen LogP contribution in [-0.4, -0.2) is 29.4 Å². The van der Waals surface area contributed by atoms with Crippen LogP contribution in [0.4, 0.5) is 23.1 Å². The second-order valence-electron chi connectivity index (χ2n) is 4.88. The molecule has 1 aromatic heterocycles. The van der Waals surface area contributed by atoms with E-state index in [-0.39, 0.29) is 0 Å². The SMILES string of the molecule is COc1cccc(Nc2cnnc(Nc3cccc(OC)c3)n2)c1. The van der Waals surface area contributed by atoms with Gasteiger partial charge in [-0.3, -0.25) is 0 Å². The molecule has 0 bridgehead atoms. The average molecular weight is 323 g/mol. The van der Waals surface area contributed by atoms with Gasteiger partial charge in [-0.05, 0) is 24.3 Å². The Hall–Kier alpha value is -3.35. The summed E-state index contributed by atoms with van der Waals surface area (Å²) in [5.41, 5.74) is 1.66. The first-order chi connectivity index (χ1) is 11.8. The van der Waals surface area contributed by atoms with Gasteiger partial charge in [0.15, 0.2) is 5.82 Å². The minimum Gasteiger partial charge on any atom is -0.497 e. The van der Waals surface area contributed by atoms with Gasteiger partial charge in [0.1, 0.15) is 11.5 Å². The largest absolute Gasteiger partial charge is 0.497 e. The summed E-state index contributed by atoms with van der Waals surface area (Å²) in [5.74, 6) is 2.47. The number of nitrogens with one attached hydrogen (secondary N) is 2. The molecule has 3 aromatic rings. The molecule has 0 saturated heterocycles. The van der Waals surface area contributed by atoms with Crippen molar-refractivity contribution < 1.29 is 9.47 Å². The number of rotatable bonds is 6. The number of benzene rings is 2. The molecule has 2 aromatic carbocycles. The molecule has 0 amide bonds. The summed E-state index contributed by atoms with van der Waals surface area (Å²) in [6, 6.07) is 15.1. The van der Waals surface area contributed by atoms with Gasteiger partial charge in [-0.15, -0.1) is 5.10 Å². The first-order valence-electron chi connectivity index (χ1n) is 7.29. The Bertz CT molecular complexity index is 761. The summed E-state index contributed by atoms with van der Waals surface area (Å²) in [7, 11) is 3.25. The minimum absolute atomic E-state index is 0.385. The number of aromatic nitrogens is 3. The van der Waals surface area contributed by atoms with E-state index in [9.17, 15) is 0 Å². The number of ether oxygens (including phenoxy) is 2. The van der Waals surface area contributed by atoms with Gasteiger partial charge in [0, 0.05) is 23.5 Å². The zero-order valence-electron chi connectivity index (χ0n) is 13.4. The molecule has 2 N–H and O–H groups in total. The van der Waals surface area contributed by atoms with Crippen LogP contribution in [0.1, 0.15) is 0 Å². The molecule has 122 valence electrons. The lowest BCUT2D eigenvalue weighted by Gasteiger charge is -2.09. The Morgan fingerprint density at radius 1 is 0.833 bits per heavy atom. The fourth-order valence-corrected chi connectivity index (χ4v) is 2.10. The summed E-state index contributed by atoms with van der Waals surface area (Å²) in [6.07, 6.45) is 1.55. The van der Waals surface area contributed by atoms with Crippen LogP contribution in [0.3, 0.4) is 0 Å². The van der Waals surface area contributed by atoms with Crippen LogP contribution in [0.5, 0.6) is 11.5 Å². The Morgan fingerprint density at radius 2 is 1.46 bits per heavy atom. The van der Waals surface area contributed by atoms with Crippen molar-refractivity contribution in [3.63, 3.8) is 0 Å². The Kier molecular flexibility index (Phi) is 4.71. The molecule has 1 heterocycles. The van der Waals surface area contributed by atoms with E-state index in [4.69, 9.17) is 9.47 Å². The molecule has 0 aliphatic rings. The molecule has 0 aliphatic carbocycles. The molecule has 0 aliphatic heterocycles. The van der Waals surface area contributed by atoms with E-state index in [2.05, 4.69) is 25.8 Å². The zero-order chi connectivity index (χ0) is 16.8. The fourth-order valence-electron chi connectivity index (χ4n) is 2.10. The first-order valence-corrected chi connectivity index (χ1v) is 7.29. The van der Waals surface area contributed by atoms with E-state index in [1.165, 1.54) is 0 Å². The standard InChI is InChI=1S/C17H17N5O2/c1-23-14-7-3-5-12(9-14)19-16-11-18-22-17(21-16)20-13-6-4-8-15(10-13)24-2/h3-11H,1-2H3,(H2,19,20,21,22). The van der Waals surface area contributed by atoms with Crippen molar-refractivity contribution >= 4 is 23.1 Å². The van der Waals surface area contributed by atoms with Gasteiger partial charge in [-0.25, -0.2) is 0 Å². The fraction of sp³-hybridized carbons (Fsp3) is 0.118. The van der Waals surface area contributed by atoms with Crippen LogP contribution >= 0.6 is 0 Å². The highest BCUT2D eigenvalue weighted by atomic mass is 16.5. The number of hydrogen-bond acceptors (Lipinski definition) is 7. The Morgan fingerprint density at radius 3 is 2.08 bits per heavy atom. The highest BCUT2D eigenvalue weighted by Gasteiger charge is 2.04. The summed E-state index contributed by atoms with van der Waals surface area (Å²) >= 11 is 0. The number of hydrogen-bond donors (Lipinski definition) is 2. The van der Waals surface area contributed by atoms with Crippen LogP contribution < -0.4 is 20.1 Å². The molecule has 0 radical (unpaired) electrons. The van der Waals surface area contributed by atoms with E-state index in [1.807, 2.05) is 48.5 Å². The van der Waals surface area contributed by atoms with Crippen LogP contribution in [0, 0.1) is 0 Å². The van der Waals surface area contributed by atoms with E-state index < -0.39 is 0 Å². The molecule has 0 fully saturated rings. The van der Waals surface area contributed by atoms with Crippen molar-refractivity contribution in [3.05, 3.63) is 54.7 Å². The van der Waals surface area contributed by atoms with Gasteiger partial charge in [-0.2, -0.15) is 10.1 Å². The predicted octanol–water partition coefficient (Wildman–Crippen LogP) is 3.38. The maximum Gasteiger partial charge on any atom is 0.249 e. The van der Waals surface area contributed by atoms with Crippen molar-refractivity contribution in [1.82, 2.24) is 15.2 Å². The second-order valence-corrected chi connectivity index (χ2v) is 4.88. The van der Waals surface area contributed by atoms with E-state index in [0.717, 1.165) is 22.9 Å². The van der Waals surface area contributed by atoms with Crippen molar-refractivity contribution in [3.8, 4) is 11.5 Å². The Labute approximate surface area is 139 Å². The van der Waals surface area contributed by atoms with Crippen molar-refractivity contribution in [1.29, 1.82) is 0 Å². The number of anilines is 4. The van der Waals surface area contributed by atoms with E-state index >= 15 is 0 Å². The predicted molar refractivity (Wildman–Crippen MR) is 92.4 cm³/mol. The molecule has 0 atom stereocenters. The molecule has 0 unspecified atom stereocenters. The topological polar surface area (TPSA) is 81.2 Å². The van der Waals surface area contributed by atoms with Gasteiger partial charge in [-0.1, -0.05) is 12.1 Å². The maximum absolute atomic E-state index is 5.20. The highest BCUT2D eigenvalue weighted by molar-refractivity contribution is 5.60. The molecular formula is C17H17N5O2. The van der Waals surface area contributed by atoms with Crippen LogP contribution in [0.2, 0.25) is 0 Å². The summed E-state index contributed by atoms with van der Waals surface area (Å²) in [4.78, 5) is 4.40. The first kappa shape index (κ1) is 15.5. The molecule has 7 heteroatoms. The van der Waals surface area contributed by atoms with Crippen molar-refractivity contribution in [2.45, 2.75) is 0 Å². The molecule has 0 spiro atoms. The van der Waals surface area contributed by atoms with Gasteiger partial charge in [0.2, 0.25) is 5.95 Å². The van der Waals surface area contributed by atoms with Gasteiger partial charge < -0.3 is 20.1 Å². The molecule has 3 rings (SSSR count). The molecular weight excluding hydrogens is 306 g/mol. The van der Waals surface area contributed by atoms with Crippen LogP contribution in [0.15, 0.2) is 54.7 Å². The van der Waals surface area contributed by atoms with E-state index in [0.29, 0.717) is 11.8 Å². The van der Waals surface area contributed by atoms with Crippen LogP contribution in [0.25, 0.3) is 0 Å². The molecule has 7 nitrogen and oxygen atoms in total. The highest BCUT2D eigenvalue weighted by Crippen LogP contribution is 2.22. The molecule has 24 heavy (non-hydrogen) atoms. The normalized spacial score (nSPS) is 10.1. The quantitative estimate of drug-likeness (QED) is 0.719. The number of methoxy groups -OCH3 is 2. The second kappa shape index (κ2) is 7.28. The van der Waals surface area contributed by atoms with Gasteiger partial charge in [0.25, 0.3) is 0 Å². The number of nitrogens with zero attached hydrogens (tertiary/aromatic N) is 3. The summed E-state index contributed by atoms with van der Waals surface area (Å²) in [6.45, 7) is 0. The van der Waals surface area contributed by atoms with Crippen molar-refractivity contribution in [2.24, 2.45) is 0 Å². The third kappa shape index (κ3) is 3.89.